The second-order valence-corrected chi connectivity index (χ2v) is 8.44. The normalized spacial score (nSPS) is 21.5. The van der Waals surface area contributed by atoms with Crippen LogP contribution in [0, 0.1) is 5.92 Å². The number of fused-ring (bicyclic) bond motifs is 2. The smallest absolute Gasteiger partial charge is 0.261 e. The van der Waals surface area contributed by atoms with Gasteiger partial charge in [-0.1, -0.05) is 29.3 Å². The van der Waals surface area contributed by atoms with Crippen molar-refractivity contribution in [2.24, 2.45) is 5.92 Å². The SMILES string of the molecule is O=C(CCCN1C(=O)c2cc(Cl)c(Cl)cc2C1=O)N1CCCC2CCCC=C21. The monoisotopic (exact) mass is 420 g/mol. The lowest BCUT2D eigenvalue weighted by molar-refractivity contribution is -0.130. The number of hydrogen-bond acceptors (Lipinski definition) is 3. The predicted octanol–water partition coefficient (Wildman–Crippen LogP) is 4.68. The summed E-state index contributed by atoms with van der Waals surface area (Å²) in [6.45, 7) is 0.981. The Hall–Kier alpha value is -1.85. The molecule has 1 aromatic rings. The van der Waals surface area contributed by atoms with Gasteiger partial charge in [-0.25, -0.2) is 0 Å². The summed E-state index contributed by atoms with van der Waals surface area (Å²) in [5, 5.41) is 0.498. The Morgan fingerprint density at radius 2 is 1.68 bits per heavy atom. The quantitative estimate of drug-likeness (QED) is 0.664. The van der Waals surface area contributed by atoms with Crippen molar-refractivity contribution < 1.29 is 14.4 Å². The van der Waals surface area contributed by atoms with Gasteiger partial charge in [-0.2, -0.15) is 0 Å². The maximum Gasteiger partial charge on any atom is 0.261 e. The molecule has 1 unspecified atom stereocenters. The van der Waals surface area contributed by atoms with E-state index in [-0.39, 0.29) is 45.4 Å². The van der Waals surface area contributed by atoms with E-state index in [2.05, 4.69) is 6.08 Å². The Morgan fingerprint density at radius 1 is 1.04 bits per heavy atom. The van der Waals surface area contributed by atoms with Crippen molar-refractivity contribution in [3.05, 3.63) is 45.1 Å². The second kappa shape index (κ2) is 7.88. The number of halogens is 2. The van der Waals surface area contributed by atoms with Gasteiger partial charge >= 0.3 is 0 Å². The van der Waals surface area contributed by atoms with Crippen LogP contribution in [-0.4, -0.2) is 40.6 Å². The zero-order chi connectivity index (χ0) is 19.8. The molecule has 5 nitrogen and oxygen atoms in total. The molecule has 0 N–H and O–H groups in total. The Labute approximate surface area is 174 Å². The summed E-state index contributed by atoms with van der Waals surface area (Å²) >= 11 is 11.9. The maximum absolute atomic E-state index is 12.8. The van der Waals surface area contributed by atoms with Gasteiger partial charge < -0.3 is 4.90 Å². The molecule has 2 aliphatic heterocycles. The highest BCUT2D eigenvalue weighted by molar-refractivity contribution is 6.43. The fourth-order valence-electron chi connectivity index (χ4n) is 4.46. The summed E-state index contributed by atoms with van der Waals surface area (Å²) in [6, 6.07) is 2.88. The van der Waals surface area contributed by atoms with Crippen LogP contribution in [0.25, 0.3) is 0 Å². The zero-order valence-corrected chi connectivity index (χ0v) is 17.1. The van der Waals surface area contributed by atoms with Crippen LogP contribution in [0.3, 0.4) is 0 Å². The Morgan fingerprint density at radius 3 is 2.36 bits per heavy atom. The van der Waals surface area contributed by atoms with Gasteiger partial charge in [0.2, 0.25) is 5.91 Å². The third-order valence-corrected chi connectivity index (χ3v) is 6.58. The third-order valence-electron chi connectivity index (χ3n) is 5.86. The van der Waals surface area contributed by atoms with Gasteiger partial charge in [-0.3, -0.25) is 19.3 Å². The standard InChI is InChI=1S/C21H22Cl2N2O3/c22-16-11-14-15(12-17(16)23)21(28)25(20(14)27)10-4-8-19(26)24-9-3-6-13-5-1-2-7-18(13)24/h7,11-13H,1-6,8-10H2. The number of benzene rings is 1. The van der Waals surface area contributed by atoms with E-state index in [0.717, 1.165) is 32.2 Å². The molecule has 1 aliphatic carbocycles. The minimum atomic E-state index is -0.376. The molecule has 3 aliphatic rings. The molecular formula is C21H22Cl2N2O3. The van der Waals surface area contributed by atoms with Crippen LogP contribution >= 0.6 is 23.2 Å². The first-order valence-corrected chi connectivity index (χ1v) is 10.6. The number of hydrogen-bond donors (Lipinski definition) is 0. The molecule has 4 rings (SSSR count). The van der Waals surface area contributed by atoms with Gasteiger partial charge in [-0.15, -0.1) is 0 Å². The Balaban J connectivity index is 1.38. The van der Waals surface area contributed by atoms with E-state index in [1.807, 2.05) is 4.90 Å². The zero-order valence-electron chi connectivity index (χ0n) is 15.5. The van der Waals surface area contributed by atoms with E-state index in [0.29, 0.717) is 18.8 Å². The summed E-state index contributed by atoms with van der Waals surface area (Å²) in [5.41, 5.74) is 1.74. The van der Waals surface area contributed by atoms with E-state index in [4.69, 9.17) is 23.2 Å². The number of amides is 3. The van der Waals surface area contributed by atoms with Gasteiger partial charge in [0, 0.05) is 25.2 Å². The molecule has 1 fully saturated rings. The molecule has 2 heterocycles. The maximum atomic E-state index is 12.8. The summed E-state index contributed by atoms with van der Waals surface area (Å²) in [7, 11) is 0. The molecule has 1 atom stereocenters. The summed E-state index contributed by atoms with van der Waals surface area (Å²) < 4.78 is 0. The number of carbonyl (C=O) groups excluding carboxylic acids is 3. The van der Waals surface area contributed by atoms with Crippen molar-refractivity contribution in [1.82, 2.24) is 9.80 Å². The van der Waals surface area contributed by atoms with Crippen LogP contribution in [0.5, 0.6) is 0 Å². The molecule has 0 radical (unpaired) electrons. The van der Waals surface area contributed by atoms with Gasteiger partial charge in [0.25, 0.3) is 11.8 Å². The number of nitrogens with zero attached hydrogens (tertiary/aromatic N) is 2. The van der Waals surface area contributed by atoms with Crippen molar-refractivity contribution in [3.8, 4) is 0 Å². The molecular weight excluding hydrogens is 399 g/mol. The van der Waals surface area contributed by atoms with E-state index >= 15 is 0 Å². The number of allylic oxidation sites excluding steroid dienone is 2. The predicted molar refractivity (Wildman–Crippen MR) is 107 cm³/mol. The number of likely N-dealkylation sites (tertiary alicyclic amines) is 1. The lowest BCUT2D eigenvalue weighted by Crippen LogP contribution is -2.39. The summed E-state index contributed by atoms with van der Waals surface area (Å²) in [6.07, 6.45) is 8.57. The Bertz CT molecular complexity index is 840. The van der Waals surface area contributed by atoms with Gasteiger partial charge in [-0.05, 0) is 56.6 Å². The van der Waals surface area contributed by atoms with Crippen LogP contribution in [0.2, 0.25) is 10.0 Å². The minimum absolute atomic E-state index is 0.0838. The average molecular weight is 421 g/mol. The molecule has 0 saturated carbocycles. The highest BCUT2D eigenvalue weighted by Crippen LogP contribution is 2.35. The van der Waals surface area contributed by atoms with Crippen molar-refractivity contribution >= 4 is 40.9 Å². The Kier molecular flexibility index (Phi) is 5.48. The number of rotatable bonds is 4. The van der Waals surface area contributed by atoms with Crippen molar-refractivity contribution in [2.75, 3.05) is 13.1 Å². The van der Waals surface area contributed by atoms with Crippen LogP contribution in [0.1, 0.15) is 65.7 Å². The lowest BCUT2D eigenvalue weighted by Gasteiger charge is -2.38. The molecule has 0 bridgehead atoms. The third kappa shape index (κ3) is 3.46. The van der Waals surface area contributed by atoms with E-state index in [1.165, 1.54) is 29.2 Å². The second-order valence-electron chi connectivity index (χ2n) is 7.62. The first-order valence-electron chi connectivity index (χ1n) is 9.83. The summed E-state index contributed by atoms with van der Waals surface area (Å²) in [4.78, 5) is 40.9. The van der Waals surface area contributed by atoms with E-state index in [1.54, 1.807) is 0 Å². The van der Waals surface area contributed by atoms with Crippen molar-refractivity contribution in [1.29, 1.82) is 0 Å². The van der Waals surface area contributed by atoms with Gasteiger partial charge in [0.15, 0.2) is 0 Å². The molecule has 3 amide bonds. The largest absolute Gasteiger partial charge is 0.316 e. The molecule has 0 aromatic heterocycles. The number of piperidine rings is 1. The van der Waals surface area contributed by atoms with Crippen LogP contribution in [0.15, 0.2) is 23.9 Å². The first-order chi connectivity index (χ1) is 13.5. The fourth-order valence-corrected chi connectivity index (χ4v) is 4.78. The fraction of sp³-hybridized carbons (Fsp3) is 0.476. The molecule has 28 heavy (non-hydrogen) atoms. The number of carbonyl (C=O) groups is 3. The molecule has 1 saturated heterocycles. The topological polar surface area (TPSA) is 57.7 Å². The lowest BCUT2D eigenvalue weighted by atomic mass is 9.85. The minimum Gasteiger partial charge on any atom is -0.316 e. The molecule has 7 heteroatoms. The number of imide groups is 1. The van der Waals surface area contributed by atoms with E-state index < -0.39 is 0 Å². The van der Waals surface area contributed by atoms with E-state index in [9.17, 15) is 14.4 Å². The highest BCUT2D eigenvalue weighted by atomic mass is 35.5. The van der Waals surface area contributed by atoms with Gasteiger partial charge in [0.05, 0.1) is 21.2 Å². The summed E-state index contributed by atoms with van der Waals surface area (Å²) in [5.74, 6) is -0.157. The molecule has 0 spiro atoms. The highest BCUT2D eigenvalue weighted by Gasteiger charge is 2.36. The average Bonchev–Trinajstić information content (AvgIpc) is 2.92. The first kappa shape index (κ1) is 19.5. The van der Waals surface area contributed by atoms with Crippen molar-refractivity contribution in [2.45, 2.75) is 44.9 Å². The molecule has 148 valence electrons. The van der Waals surface area contributed by atoms with Crippen molar-refractivity contribution in [3.63, 3.8) is 0 Å². The van der Waals surface area contributed by atoms with Gasteiger partial charge in [0.1, 0.15) is 0 Å². The van der Waals surface area contributed by atoms with Crippen LogP contribution in [-0.2, 0) is 4.79 Å². The molecule has 1 aromatic carbocycles. The van der Waals surface area contributed by atoms with Crippen LogP contribution < -0.4 is 0 Å². The van der Waals surface area contributed by atoms with Crippen LogP contribution in [0.4, 0.5) is 0 Å².